The third-order valence-electron chi connectivity index (χ3n) is 3.37. The molecule has 0 saturated heterocycles. The van der Waals surface area contributed by atoms with Crippen LogP contribution in [0.25, 0.3) is 0 Å². The van der Waals surface area contributed by atoms with Gasteiger partial charge in [0.2, 0.25) is 6.79 Å². The fraction of sp³-hybridized carbons (Fsp3) is 0.188. The Labute approximate surface area is 136 Å². The second-order valence-corrected chi connectivity index (χ2v) is 5.77. The van der Waals surface area contributed by atoms with Crippen molar-refractivity contribution in [3.05, 3.63) is 52.5 Å². The van der Waals surface area contributed by atoms with Crippen molar-refractivity contribution in [1.29, 1.82) is 0 Å². The molecule has 2 aromatic carbocycles. The molecule has 22 heavy (non-hydrogen) atoms. The molecule has 2 N–H and O–H groups in total. The van der Waals surface area contributed by atoms with Crippen molar-refractivity contribution in [3.63, 3.8) is 0 Å². The van der Waals surface area contributed by atoms with Crippen molar-refractivity contribution in [1.82, 2.24) is 5.32 Å². The summed E-state index contributed by atoms with van der Waals surface area (Å²) in [4.78, 5) is 12.1. The molecule has 1 heterocycles. The van der Waals surface area contributed by atoms with Crippen molar-refractivity contribution in [2.45, 2.75) is 13.0 Å². The maximum absolute atomic E-state index is 12.1. The van der Waals surface area contributed by atoms with E-state index < -0.39 is 0 Å². The van der Waals surface area contributed by atoms with Crippen molar-refractivity contribution >= 4 is 27.6 Å². The minimum atomic E-state index is -0.267. The summed E-state index contributed by atoms with van der Waals surface area (Å²) >= 11 is 3.40. The largest absolute Gasteiger partial charge is 0.454 e. The Morgan fingerprint density at radius 1 is 1.18 bits per heavy atom. The van der Waals surface area contributed by atoms with E-state index in [1.165, 1.54) is 0 Å². The van der Waals surface area contributed by atoms with Gasteiger partial charge in [0.05, 0.1) is 11.7 Å². The number of amides is 2. The van der Waals surface area contributed by atoms with Gasteiger partial charge in [-0.05, 0) is 52.7 Å². The van der Waals surface area contributed by atoms with E-state index in [-0.39, 0.29) is 18.9 Å². The molecule has 114 valence electrons. The van der Waals surface area contributed by atoms with Gasteiger partial charge in [0, 0.05) is 4.47 Å². The van der Waals surface area contributed by atoms with Gasteiger partial charge < -0.3 is 20.1 Å². The molecule has 3 rings (SSSR count). The average Bonchev–Trinajstić information content (AvgIpc) is 2.97. The molecule has 1 atom stereocenters. The highest BCUT2D eigenvalue weighted by Gasteiger charge is 2.17. The van der Waals surface area contributed by atoms with Gasteiger partial charge in [0.15, 0.2) is 11.5 Å². The predicted octanol–water partition coefficient (Wildman–Crippen LogP) is 4.06. The van der Waals surface area contributed by atoms with Crippen LogP contribution in [0, 0.1) is 0 Å². The summed E-state index contributed by atoms with van der Waals surface area (Å²) in [6, 6.07) is 12.7. The standard InChI is InChI=1S/C16H15BrN2O3/c1-10(11-6-7-14-15(8-11)22-9-21-14)18-16(20)19-13-5-3-2-4-12(13)17/h2-8,10H,9H2,1H3,(H2,18,19,20). The number of rotatable bonds is 3. The SMILES string of the molecule is CC(NC(=O)Nc1ccccc1Br)c1ccc2c(c1)OCO2. The van der Waals surface area contributed by atoms with E-state index in [1.807, 2.05) is 49.4 Å². The van der Waals surface area contributed by atoms with Crippen LogP contribution in [-0.4, -0.2) is 12.8 Å². The normalized spacial score (nSPS) is 13.5. The fourth-order valence-corrected chi connectivity index (χ4v) is 2.57. The maximum atomic E-state index is 12.1. The van der Waals surface area contributed by atoms with Crippen LogP contribution in [0.2, 0.25) is 0 Å². The zero-order valence-corrected chi connectivity index (χ0v) is 13.5. The summed E-state index contributed by atoms with van der Waals surface area (Å²) in [5, 5.41) is 5.71. The van der Waals surface area contributed by atoms with E-state index in [4.69, 9.17) is 9.47 Å². The number of carbonyl (C=O) groups excluding carboxylic acids is 1. The molecule has 2 amide bonds. The number of ether oxygens (including phenoxy) is 2. The molecule has 0 radical (unpaired) electrons. The van der Waals surface area contributed by atoms with E-state index in [2.05, 4.69) is 26.6 Å². The molecule has 0 aliphatic carbocycles. The molecular weight excluding hydrogens is 348 g/mol. The maximum Gasteiger partial charge on any atom is 0.319 e. The number of hydrogen-bond donors (Lipinski definition) is 2. The Morgan fingerprint density at radius 2 is 1.95 bits per heavy atom. The van der Waals surface area contributed by atoms with Gasteiger partial charge >= 0.3 is 6.03 Å². The molecular formula is C16H15BrN2O3. The monoisotopic (exact) mass is 362 g/mol. The predicted molar refractivity (Wildman–Crippen MR) is 87.3 cm³/mol. The molecule has 0 saturated carbocycles. The third-order valence-corrected chi connectivity index (χ3v) is 4.06. The van der Waals surface area contributed by atoms with Crippen molar-refractivity contribution in [3.8, 4) is 11.5 Å². The van der Waals surface area contributed by atoms with Crippen LogP contribution >= 0.6 is 15.9 Å². The van der Waals surface area contributed by atoms with E-state index >= 15 is 0 Å². The molecule has 0 fully saturated rings. The van der Waals surface area contributed by atoms with Crippen molar-refractivity contribution in [2.75, 3.05) is 12.1 Å². The first kappa shape index (κ1) is 14.7. The Balaban J connectivity index is 1.65. The number of benzene rings is 2. The van der Waals surface area contributed by atoms with Crippen LogP contribution < -0.4 is 20.1 Å². The quantitative estimate of drug-likeness (QED) is 0.865. The first-order chi connectivity index (χ1) is 10.6. The Kier molecular flexibility index (Phi) is 4.20. The van der Waals surface area contributed by atoms with Crippen LogP contribution in [0.3, 0.4) is 0 Å². The van der Waals surface area contributed by atoms with Gasteiger partial charge in [-0.25, -0.2) is 4.79 Å². The summed E-state index contributed by atoms with van der Waals surface area (Å²) in [6.07, 6.45) is 0. The summed E-state index contributed by atoms with van der Waals surface area (Å²) in [5.74, 6) is 1.44. The third kappa shape index (κ3) is 3.17. The summed E-state index contributed by atoms with van der Waals surface area (Å²) in [5.41, 5.74) is 1.67. The number of fused-ring (bicyclic) bond motifs is 1. The number of carbonyl (C=O) groups is 1. The lowest BCUT2D eigenvalue weighted by atomic mass is 10.1. The second kappa shape index (κ2) is 6.27. The summed E-state index contributed by atoms with van der Waals surface area (Å²) < 4.78 is 11.5. The van der Waals surface area contributed by atoms with Gasteiger partial charge in [0.1, 0.15) is 0 Å². The molecule has 0 aromatic heterocycles. The highest BCUT2D eigenvalue weighted by atomic mass is 79.9. The molecule has 5 nitrogen and oxygen atoms in total. The lowest BCUT2D eigenvalue weighted by molar-refractivity contribution is 0.174. The second-order valence-electron chi connectivity index (χ2n) is 4.91. The van der Waals surface area contributed by atoms with Gasteiger partial charge in [0.25, 0.3) is 0 Å². The summed E-state index contributed by atoms with van der Waals surface area (Å²) in [6.45, 7) is 2.15. The lowest BCUT2D eigenvalue weighted by Gasteiger charge is -2.16. The number of nitrogens with one attached hydrogen (secondary N) is 2. The molecule has 1 aliphatic heterocycles. The Morgan fingerprint density at radius 3 is 2.77 bits per heavy atom. The van der Waals surface area contributed by atoms with E-state index in [0.717, 1.165) is 21.5 Å². The first-order valence-corrected chi connectivity index (χ1v) is 7.64. The molecule has 1 aliphatic rings. The number of para-hydroxylation sites is 1. The van der Waals surface area contributed by atoms with Gasteiger partial charge in [-0.3, -0.25) is 0 Å². The molecule has 0 spiro atoms. The van der Waals surface area contributed by atoms with Crippen molar-refractivity contribution < 1.29 is 14.3 Å². The smallest absolute Gasteiger partial charge is 0.319 e. The van der Waals surface area contributed by atoms with E-state index in [9.17, 15) is 4.79 Å². The zero-order chi connectivity index (χ0) is 15.5. The average molecular weight is 363 g/mol. The topological polar surface area (TPSA) is 59.6 Å². The Bertz CT molecular complexity index is 706. The fourth-order valence-electron chi connectivity index (χ4n) is 2.18. The van der Waals surface area contributed by atoms with Crippen LogP contribution in [0.4, 0.5) is 10.5 Å². The van der Waals surface area contributed by atoms with Gasteiger partial charge in [-0.2, -0.15) is 0 Å². The minimum absolute atomic E-state index is 0.156. The van der Waals surface area contributed by atoms with Crippen LogP contribution in [-0.2, 0) is 0 Å². The van der Waals surface area contributed by atoms with Crippen molar-refractivity contribution in [2.24, 2.45) is 0 Å². The van der Waals surface area contributed by atoms with Crippen LogP contribution in [0.1, 0.15) is 18.5 Å². The molecule has 0 bridgehead atoms. The number of hydrogen-bond acceptors (Lipinski definition) is 3. The Hall–Kier alpha value is -2.21. The van der Waals surface area contributed by atoms with Gasteiger partial charge in [-0.1, -0.05) is 18.2 Å². The van der Waals surface area contributed by atoms with E-state index in [0.29, 0.717) is 5.75 Å². The molecule has 6 heteroatoms. The van der Waals surface area contributed by atoms with E-state index in [1.54, 1.807) is 0 Å². The zero-order valence-electron chi connectivity index (χ0n) is 11.9. The van der Waals surface area contributed by atoms with Crippen LogP contribution in [0.15, 0.2) is 46.9 Å². The molecule has 1 unspecified atom stereocenters. The number of urea groups is 1. The summed E-state index contributed by atoms with van der Waals surface area (Å²) in [7, 11) is 0. The van der Waals surface area contributed by atoms with Crippen LogP contribution in [0.5, 0.6) is 11.5 Å². The molecule has 2 aromatic rings. The highest BCUT2D eigenvalue weighted by molar-refractivity contribution is 9.10. The minimum Gasteiger partial charge on any atom is -0.454 e. The van der Waals surface area contributed by atoms with Gasteiger partial charge in [-0.15, -0.1) is 0 Å². The number of halogens is 1. The lowest BCUT2D eigenvalue weighted by Crippen LogP contribution is -2.31. The first-order valence-electron chi connectivity index (χ1n) is 6.85. The highest BCUT2D eigenvalue weighted by Crippen LogP contribution is 2.34. The number of anilines is 1.